The number of likely N-dealkylation sites (tertiary alicyclic amines) is 1. The lowest BCUT2D eigenvalue weighted by molar-refractivity contribution is -0.154. The number of esters is 1. The normalized spacial score (nSPS) is 16.3. The van der Waals surface area contributed by atoms with Gasteiger partial charge < -0.3 is 24.4 Å². The number of thioether (sulfide) groups is 1. The zero-order valence-corrected chi connectivity index (χ0v) is 26.9. The molecule has 0 aliphatic carbocycles. The molecule has 3 aromatic carbocycles. The minimum absolute atomic E-state index is 0.0765. The highest BCUT2D eigenvalue weighted by Gasteiger charge is 2.42. The highest BCUT2D eigenvalue weighted by atomic mass is 32.2. The zero-order valence-electron chi connectivity index (χ0n) is 26.1. The maximum Gasteiger partial charge on any atom is 0.514 e. The maximum absolute atomic E-state index is 13.6. The molecule has 2 amide bonds. The number of rotatable bonds is 12. The van der Waals surface area contributed by atoms with Crippen LogP contribution in [0.4, 0.5) is 4.79 Å². The van der Waals surface area contributed by atoms with Crippen molar-refractivity contribution in [1.29, 1.82) is 0 Å². The molecular weight excluding hydrogens is 608 g/mol. The second kappa shape index (κ2) is 16.6. The summed E-state index contributed by atoms with van der Waals surface area (Å²) in [6.07, 6.45) is 0.370. The molecule has 3 atom stereocenters. The number of hydrogen-bond donors (Lipinski definition) is 1. The van der Waals surface area contributed by atoms with Crippen molar-refractivity contribution in [2.24, 2.45) is 0 Å². The molecule has 1 aliphatic rings. The predicted molar refractivity (Wildman–Crippen MR) is 173 cm³/mol. The fraction of sp³-hybridized carbons (Fsp3) is 0.343. The smallest absolute Gasteiger partial charge is 0.464 e. The van der Waals surface area contributed by atoms with Gasteiger partial charge in [-0.05, 0) is 67.5 Å². The summed E-state index contributed by atoms with van der Waals surface area (Å²) in [6.45, 7) is 4.97. The lowest BCUT2D eigenvalue weighted by atomic mass is 9.99. The lowest BCUT2D eigenvalue weighted by Crippen LogP contribution is -2.48. The van der Waals surface area contributed by atoms with Gasteiger partial charge in [-0.1, -0.05) is 78.5 Å². The van der Waals surface area contributed by atoms with Gasteiger partial charge >= 0.3 is 12.1 Å². The van der Waals surface area contributed by atoms with Crippen molar-refractivity contribution in [3.05, 3.63) is 101 Å². The topological polar surface area (TPSA) is 128 Å². The summed E-state index contributed by atoms with van der Waals surface area (Å²) >= 11 is 0.862. The van der Waals surface area contributed by atoms with E-state index in [0.29, 0.717) is 18.4 Å². The largest absolute Gasteiger partial charge is 0.514 e. The minimum atomic E-state index is -0.849. The quantitative estimate of drug-likeness (QED) is 0.206. The highest BCUT2D eigenvalue weighted by Crippen LogP contribution is 2.38. The van der Waals surface area contributed by atoms with Crippen molar-refractivity contribution in [2.45, 2.75) is 64.0 Å². The Morgan fingerprint density at radius 1 is 0.891 bits per heavy atom. The van der Waals surface area contributed by atoms with Gasteiger partial charge in [0.15, 0.2) is 5.12 Å². The summed E-state index contributed by atoms with van der Waals surface area (Å²) in [5.74, 6) is -1.11. The second-order valence-electron chi connectivity index (χ2n) is 10.8. The number of nitrogens with zero attached hydrogens (tertiary/aromatic N) is 1. The molecule has 1 N–H and O–H groups in total. The first-order valence-corrected chi connectivity index (χ1v) is 16.0. The zero-order chi connectivity index (χ0) is 33.1. The molecule has 1 fully saturated rings. The van der Waals surface area contributed by atoms with E-state index in [1.807, 2.05) is 61.5 Å². The van der Waals surface area contributed by atoms with Crippen molar-refractivity contribution in [3.63, 3.8) is 0 Å². The van der Waals surface area contributed by atoms with E-state index in [1.165, 1.54) is 11.8 Å². The number of amides is 2. The molecule has 0 unspecified atom stereocenters. The molecule has 1 aliphatic heterocycles. The number of aryl methyl sites for hydroxylation is 1. The molecule has 11 heteroatoms. The van der Waals surface area contributed by atoms with E-state index >= 15 is 0 Å². The van der Waals surface area contributed by atoms with Gasteiger partial charge in [-0.2, -0.15) is 0 Å². The number of benzene rings is 3. The molecule has 0 aromatic heterocycles. The summed E-state index contributed by atoms with van der Waals surface area (Å²) < 4.78 is 15.6. The van der Waals surface area contributed by atoms with Crippen LogP contribution in [-0.4, -0.2) is 58.4 Å². The number of hydrogen-bond acceptors (Lipinski definition) is 9. The van der Waals surface area contributed by atoms with E-state index in [1.54, 1.807) is 31.2 Å². The standard InChI is InChI=1S/C35H38N2O8S/c1-4-43-34(41)30-19-18-29(28-13-9-8-10-23(28)2)37(30)32(39)21-36-33(40)31(46-24(3)38)20-25-14-16-27(17-15-25)45-35(42)44-22-26-11-6-5-7-12-26/h5-17,29-31H,4,18-22H2,1-3H3,(H,36,40)/t29-,30+,31+/m1/s1. The van der Waals surface area contributed by atoms with Gasteiger partial charge in [0, 0.05) is 6.92 Å². The highest BCUT2D eigenvalue weighted by molar-refractivity contribution is 8.14. The van der Waals surface area contributed by atoms with Crippen molar-refractivity contribution in [2.75, 3.05) is 13.2 Å². The Bertz CT molecular complexity index is 1530. The number of carbonyl (C=O) groups is 5. The fourth-order valence-corrected chi connectivity index (χ4v) is 6.27. The Labute approximate surface area is 272 Å². The molecule has 1 heterocycles. The van der Waals surface area contributed by atoms with Gasteiger partial charge in [0.25, 0.3) is 0 Å². The van der Waals surface area contributed by atoms with Gasteiger partial charge in [0.2, 0.25) is 11.8 Å². The van der Waals surface area contributed by atoms with Gasteiger partial charge in [-0.3, -0.25) is 14.4 Å². The van der Waals surface area contributed by atoms with Gasteiger partial charge in [-0.25, -0.2) is 9.59 Å². The predicted octanol–water partition coefficient (Wildman–Crippen LogP) is 5.31. The Kier molecular flexibility index (Phi) is 12.4. The van der Waals surface area contributed by atoms with Gasteiger partial charge in [0.1, 0.15) is 18.4 Å². The Hall–Kier alpha value is -4.64. The lowest BCUT2D eigenvalue weighted by Gasteiger charge is -2.30. The number of ether oxygens (including phenoxy) is 3. The molecule has 0 bridgehead atoms. The summed E-state index contributed by atoms with van der Waals surface area (Å²) in [5.41, 5.74) is 3.48. The van der Waals surface area contributed by atoms with Crippen molar-refractivity contribution in [1.82, 2.24) is 10.2 Å². The van der Waals surface area contributed by atoms with E-state index in [4.69, 9.17) is 14.2 Å². The van der Waals surface area contributed by atoms with Crippen LogP contribution in [0.15, 0.2) is 78.9 Å². The molecule has 10 nitrogen and oxygen atoms in total. The molecule has 0 radical (unpaired) electrons. The van der Waals surface area contributed by atoms with Gasteiger partial charge in [0.05, 0.1) is 24.4 Å². The number of carbonyl (C=O) groups excluding carboxylic acids is 5. The average Bonchev–Trinajstić information content (AvgIpc) is 3.49. The van der Waals surface area contributed by atoms with Crippen LogP contribution in [0.2, 0.25) is 0 Å². The van der Waals surface area contributed by atoms with E-state index in [9.17, 15) is 24.0 Å². The molecule has 0 saturated carbocycles. The van der Waals surface area contributed by atoms with Crippen molar-refractivity contribution in [3.8, 4) is 5.75 Å². The molecule has 3 aromatic rings. The van der Waals surface area contributed by atoms with Crippen molar-refractivity contribution < 1.29 is 38.2 Å². The first-order valence-electron chi connectivity index (χ1n) is 15.1. The van der Waals surface area contributed by atoms with Crippen LogP contribution in [0.1, 0.15) is 55.0 Å². The first kappa shape index (κ1) is 34.2. The Morgan fingerprint density at radius 3 is 2.26 bits per heavy atom. The van der Waals surface area contributed by atoms with Crippen LogP contribution in [0, 0.1) is 6.92 Å². The van der Waals surface area contributed by atoms with E-state index in [-0.39, 0.29) is 43.1 Å². The number of nitrogens with one attached hydrogen (secondary N) is 1. The Balaban J connectivity index is 1.38. The SMILES string of the molecule is CCOC(=O)[C@@H]1CC[C@H](c2ccccc2C)N1C(=O)CNC(=O)[C@H](Cc1ccc(OC(=O)OCc2ccccc2)cc1)SC(C)=O. The van der Waals surface area contributed by atoms with E-state index < -0.39 is 35.2 Å². The average molecular weight is 647 g/mol. The molecule has 1 saturated heterocycles. The van der Waals surface area contributed by atoms with E-state index in [2.05, 4.69) is 5.32 Å². The molecular formula is C35H38N2O8S. The maximum atomic E-state index is 13.6. The summed E-state index contributed by atoms with van der Waals surface area (Å²) in [5, 5.41) is 1.61. The van der Waals surface area contributed by atoms with Crippen molar-refractivity contribution >= 4 is 40.8 Å². The molecule has 0 spiro atoms. The third kappa shape index (κ3) is 9.43. The second-order valence-corrected chi connectivity index (χ2v) is 12.2. The Morgan fingerprint density at radius 2 is 1.59 bits per heavy atom. The third-order valence-corrected chi connectivity index (χ3v) is 8.54. The summed E-state index contributed by atoms with van der Waals surface area (Å²) in [4.78, 5) is 65.3. The van der Waals surface area contributed by atoms with Crippen LogP contribution in [0.5, 0.6) is 5.75 Å². The first-order chi connectivity index (χ1) is 22.2. The van der Waals surface area contributed by atoms with Crippen LogP contribution >= 0.6 is 11.8 Å². The monoisotopic (exact) mass is 646 g/mol. The molecule has 46 heavy (non-hydrogen) atoms. The third-order valence-electron chi connectivity index (χ3n) is 7.54. The minimum Gasteiger partial charge on any atom is -0.464 e. The molecule has 242 valence electrons. The van der Waals surface area contributed by atoms with Gasteiger partial charge in [-0.15, -0.1) is 0 Å². The van der Waals surface area contributed by atoms with Crippen LogP contribution in [-0.2, 0) is 41.7 Å². The summed E-state index contributed by atoms with van der Waals surface area (Å²) in [6, 6.07) is 22.4. The van der Waals surface area contributed by atoms with Crippen LogP contribution < -0.4 is 10.1 Å². The fourth-order valence-electron chi connectivity index (χ4n) is 5.40. The molecule has 4 rings (SSSR count). The summed E-state index contributed by atoms with van der Waals surface area (Å²) in [7, 11) is 0. The van der Waals surface area contributed by atoms with Crippen LogP contribution in [0.3, 0.4) is 0 Å². The van der Waals surface area contributed by atoms with E-state index in [0.717, 1.165) is 28.5 Å². The van der Waals surface area contributed by atoms with Crippen LogP contribution in [0.25, 0.3) is 0 Å².